The molecule has 2 N–H and O–H groups in total. The van der Waals surface area contributed by atoms with Gasteiger partial charge in [0.1, 0.15) is 17.3 Å². The maximum atomic E-state index is 13.7. The lowest BCUT2D eigenvalue weighted by Crippen LogP contribution is -2.18. The molecule has 0 saturated carbocycles. The predicted molar refractivity (Wildman–Crippen MR) is 102 cm³/mol. The van der Waals surface area contributed by atoms with Crippen LogP contribution in [0.4, 0.5) is 15.8 Å². The molecule has 1 amide bonds. The summed E-state index contributed by atoms with van der Waals surface area (Å²) in [5, 5.41) is 6.17. The molecule has 0 spiro atoms. The Morgan fingerprint density at radius 1 is 1.23 bits per heavy atom. The number of amides is 1. The molecular weight excluding hydrogens is 351 g/mol. The Labute approximate surface area is 154 Å². The Kier molecular flexibility index (Phi) is 4.42. The lowest BCUT2D eigenvalue weighted by Gasteiger charge is -2.17. The highest BCUT2D eigenvalue weighted by atomic mass is 32.2. The van der Waals surface area contributed by atoms with Gasteiger partial charge >= 0.3 is 0 Å². The van der Waals surface area contributed by atoms with Crippen LogP contribution in [-0.2, 0) is 11.3 Å². The van der Waals surface area contributed by atoms with Crippen LogP contribution in [0.5, 0.6) is 0 Å². The van der Waals surface area contributed by atoms with Crippen molar-refractivity contribution in [3.05, 3.63) is 65.7 Å². The Morgan fingerprint density at radius 2 is 2.12 bits per heavy atom. The van der Waals surface area contributed by atoms with Crippen molar-refractivity contribution in [2.45, 2.75) is 18.4 Å². The number of hydrogen-bond acceptors (Lipinski definition) is 4. The van der Waals surface area contributed by atoms with E-state index in [0.29, 0.717) is 23.6 Å². The maximum absolute atomic E-state index is 13.7. The number of hydrogen-bond donors (Lipinski definition) is 2. The molecule has 1 aromatic heterocycles. The highest BCUT2D eigenvalue weighted by molar-refractivity contribution is 8.00. The number of anilines is 2. The number of carbonyl (C=O) groups is 1. The molecule has 132 valence electrons. The monoisotopic (exact) mass is 368 g/mol. The third-order valence-electron chi connectivity index (χ3n) is 4.27. The van der Waals surface area contributed by atoms with Crippen molar-refractivity contribution in [2.75, 3.05) is 16.4 Å². The molecule has 3 aromatic rings. The summed E-state index contributed by atoms with van der Waals surface area (Å²) in [4.78, 5) is 12.6. The van der Waals surface area contributed by atoms with Crippen LogP contribution in [0, 0.1) is 12.7 Å². The number of nitrogens with one attached hydrogen (secondary N) is 2. The minimum atomic E-state index is -0.243. The quantitative estimate of drug-likeness (QED) is 0.677. The molecule has 1 aliphatic heterocycles. The molecule has 0 fully saturated rings. The van der Waals surface area contributed by atoms with Gasteiger partial charge in [0, 0.05) is 16.1 Å². The summed E-state index contributed by atoms with van der Waals surface area (Å²) in [5.41, 5.74) is 3.05. The Balaban J connectivity index is 1.48. The van der Waals surface area contributed by atoms with Crippen LogP contribution in [0.3, 0.4) is 0 Å². The van der Waals surface area contributed by atoms with Gasteiger partial charge in [0.15, 0.2) is 0 Å². The average Bonchev–Trinajstić information content (AvgIpc) is 3.10. The number of carbonyl (C=O) groups excluding carboxylic acids is 1. The van der Waals surface area contributed by atoms with Gasteiger partial charge in [-0.15, -0.1) is 11.8 Å². The molecule has 4 rings (SSSR count). The van der Waals surface area contributed by atoms with Crippen LogP contribution >= 0.6 is 11.8 Å². The van der Waals surface area contributed by atoms with E-state index in [-0.39, 0.29) is 11.7 Å². The number of rotatable bonds is 4. The summed E-state index contributed by atoms with van der Waals surface area (Å²) in [6.45, 7) is 2.23. The predicted octanol–water partition coefficient (Wildman–Crippen LogP) is 5.05. The average molecular weight is 368 g/mol. The molecule has 0 bridgehead atoms. The largest absolute Gasteiger partial charge is 0.459 e. The Bertz CT molecular complexity index is 984. The number of furan rings is 1. The first-order chi connectivity index (χ1) is 12.6. The molecule has 0 radical (unpaired) electrons. The molecular formula is C20H17FN2O2S. The Morgan fingerprint density at radius 3 is 3.00 bits per heavy atom. The molecule has 2 aromatic carbocycles. The Hall–Kier alpha value is -2.73. The standard InChI is InChI=1S/C20H17FN2O2S/c1-12-15(3-2-4-16(12)21)18-7-6-14(25-18)10-22-13-5-8-19-17(9-13)23-20(24)11-26-19/h2-9,22H,10-11H2,1H3,(H,23,24). The molecule has 0 aliphatic carbocycles. The number of halogens is 1. The van der Waals surface area contributed by atoms with Gasteiger partial charge < -0.3 is 15.1 Å². The van der Waals surface area contributed by atoms with E-state index < -0.39 is 0 Å². The van der Waals surface area contributed by atoms with Gasteiger partial charge in [-0.3, -0.25) is 4.79 Å². The third kappa shape index (κ3) is 3.32. The fourth-order valence-electron chi connectivity index (χ4n) is 2.87. The highest BCUT2D eigenvalue weighted by Gasteiger charge is 2.15. The van der Waals surface area contributed by atoms with E-state index >= 15 is 0 Å². The van der Waals surface area contributed by atoms with Crippen molar-refractivity contribution in [1.82, 2.24) is 0 Å². The first-order valence-electron chi connectivity index (χ1n) is 8.25. The summed E-state index contributed by atoms with van der Waals surface area (Å²) < 4.78 is 19.6. The molecule has 0 unspecified atom stereocenters. The summed E-state index contributed by atoms with van der Waals surface area (Å²) in [6.07, 6.45) is 0. The van der Waals surface area contributed by atoms with E-state index in [1.165, 1.54) is 17.8 Å². The second-order valence-electron chi connectivity index (χ2n) is 6.08. The van der Waals surface area contributed by atoms with Crippen LogP contribution in [0.2, 0.25) is 0 Å². The fourth-order valence-corrected chi connectivity index (χ4v) is 3.66. The van der Waals surface area contributed by atoms with E-state index in [1.807, 2.05) is 36.4 Å². The van der Waals surface area contributed by atoms with E-state index in [4.69, 9.17) is 4.42 Å². The zero-order valence-electron chi connectivity index (χ0n) is 14.1. The van der Waals surface area contributed by atoms with Gasteiger partial charge in [-0.1, -0.05) is 12.1 Å². The molecule has 2 heterocycles. The van der Waals surface area contributed by atoms with E-state index in [1.54, 1.807) is 13.0 Å². The van der Waals surface area contributed by atoms with Gasteiger partial charge in [0.05, 0.1) is 18.0 Å². The number of benzene rings is 2. The van der Waals surface area contributed by atoms with Crippen molar-refractivity contribution in [2.24, 2.45) is 0 Å². The van der Waals surface area contributed by atoms with Crippen LogP contribution in [0.25, 0.3) is 11.3 Å². The van der Waals surface area contributed by atoms with Crippen LogP contribution in [0.1, 0.15) is 11.3 Å². The van der Waals surface area contributed by atoms with Crippen LogP contribution in [-0.4, -0.2) is 11.7 Å². The van der Waals surface area contributed by atoms with Gasteiger partial charge in [-0.25, -0.2) is 4.39 Å². The summed E-state index contributed by atoms with van der Waals surface area (Å²) in [6, 6.07) is 14.6. The normalized spacial score (nSPS) is 13.2. The zero-order valence-corrected chi connectivity index (χ0v) is 15.0. The molecule has 6 heteroatoms. The zero-order chi connectivity index (χ0) is 18.1. The minimum Gasteiger partial charge on any atom is -0.459 e. The number of thioether (sulfide) groups is 1. The maximum Gasteiger partial charge on any atom is 0.234 e. The molecule has 26 heavy (non-hydrogen) atoms. The number of fused-ring (bicyclic) bond motifs is 1. The SMILES string of the molecule is Cc1c(F)cccc1-c1ccc(CNc2ccc3c(c2)NC(=O)CS3)o1. The van der Waals surface area contributed by atoms with Crippen LogP contribution in [0.15, 0.2) is 57.8 Å². The van der Waals surface area contributed by atoms with Crippen molar-refractivity contribution < 1.29 is 13.6 Å². The summed E-state index contributed by atoms with van der Waals surface area (Å²) in [7, 11) is 0. The van der Waals surface area contributed by atoms with Gasteiger partial charge in [-0.2, -0.15) is 0 Å². The van der Waals surface area contributed by atoms with Gasteiger partial charge in [-0.05, 0) is 48.9 Å². The van der Waals surface area contributed by atoms with Crippen molar-refractivity contribution >= 4 is 29.0 Å². The lowest BCUT2D eigenvalue weighted by atomic mass is 10.1. The van der Waals surface area contributed by atoms with Gasteiger partial charge in [0.25, 0.3) is 0 Å². The molecule has 0 saturated heterocycles. The summed E-state index contributed by atoms with van der Waals surface area (Å²) in [5.74, 6) is 1.62. The molecule has 0 atom stereocenters. The third-order valence-corrected chi connectivity index (χ3v) is 5.35. The van der Waals surface area contributed by atoms with E-state index in [2.05, 4.69) is 10.6 Å². The highest BCUT2D eigenvalue weighted by Crippen LogP contribution is 2.33. The van der Waals surface area contributed by atoms with Gasteiger partial charge in [0.2, 0.25) is 5.91 Å². The summed E-state index contributed by atoms with van der Waals surface area (Å²) >= 11 is 1.53. The second kappa shape index (κ2) is 6.88. The fraction of sp³-hybridized carbons (Fsp3) is 0.150. The van der Waals surface area contributed by atoms with Crippen molar-refractivity contribution in [3.63, 3.8) is 0 Å². The minimum absolute atomic E-state index is 0.0146. The van der Waals surface area contributed by atoms with Crippen molar-refractivity contribution in [3.8, 4) is 11.3 Å². The van der Waals surface area contributed by atoms with Crippen molar-refractivity contribution in [1.29, 1.82) is 0 Å². The molecule has 4 nitrogen and oxygen atoms in total. The first kappa shape index (κ1) is 16.7. The second-order valence-corrected chi connectivity index (χ2v) is 7.10. The smallest absolute Gasteiger partial charge is 0.234 e. The first-order valence-corrected chi connectivity index (χ1v) is 9.23. The van der Waals surface area contributed by atoms with E-state index in [0.717, 1.165) is 27.6 Å². The van der Waals surface area contributed by atoms with Crippen LogP contribution < -0.4 is 10.6 Å². The topological polar surface area (TPSA) is 54.3 Å². The molecule has 1 aliphatic rings. The van der Waals surface area contributed by atoms with E-state index in [9.17, 15) is 9.18 Å². The lowest BCUT2D eigenvalue weighted by molar-refractivity contribution is -0.113.